The highest BCUT2D eigenvalue weighted by molar-refractivity contribution is 6.06. The maximum absolute atomic E-state index is 13.3. The Hall–Kier alpha value is -3.93. The summed E-state index contributed by atoms with van der Waals surface area (Å²) in [6, 6.07) is 10.5. The second kappa shape index (κ2) is 8.21. The van der Waals surface area contributed by atoms with Gasteiger partial charge in [-0.25, -0.2) is 9.37 Å². The third kappa shape index (κ3) is 4.72. The van der Waals surface area contributed by atoms with Gasteiger partial charge in [-0.15, -0.1) is 0 Å². The van der Waals surface area contributed by atoms with Crippen LogP contribution in [0.2, 0.25) is 0 Å². The van der Waals surface area contributed by atoms with Gasteiger partial charge in [0.25, 0.3) is 5.91 Å². The smallest absolute Gasteiger partial charge is 0.416 e. The number of aryl methyl sites for hydroxylation is 1. The number of carbonyl (C=O) groups is 1. The Morgan fingerprint density at radius 3 is 2.53 bits per heavy atom. The van der Waals surface area contributed by atoms with E-state index in [0.29, 0.717) is 11.6 Å². The molecule has 0 radical (unpaired) electrons. The molecule has 0 fully saturated rings. The van der Waals surface area contributed by atoms with Crippen LogP contribution in [0.3, 0.4) is 0 Å². The number of aromatic nitrogens is 1. The lowest BCUT2D eigenvalue weighted by atomic mass is 10.1. The number of nitriles is 1. The average molecular weight is 415 g/mol. The fourth-order valence-electron chi connectivity index (χ4n) is 2.58. The lowest BCUT2D eigenvalue weighted by Gasteiger charge is -2.15. The van der Waals surface area contributed by atoms with Crippen molar-refractivity contribution in [1.82, 2.24) is 4.98 Å². The number of halogens is 4. The monoisotopic (exact) mass is 415 g/mol. The number of amides is 1. The van der Waals surface area contributed by atoms with Gasteiger partial charge in [-0.2, -0.15) is 18.4 Å². The third-order valence-electron chi connectivity index (χ3n) is 4.04. The van der Waals surface area contributed by atoms with Crippen molar-refractivity contribution in [2.75, 3.05) is 5.32 Å². The molecule has 1 aromatic heterocycles. The van der Waals surface area contributed by atoms with E-state index in [1.54, 1.807) is 0 Å². The standard InChI is InChI=1S/C21H13F4N3O2/c1-12-8-14(22)3-5-18(12)30-19-9-13(21(23,24)25)2-4-17(19)20(29)28-15-6-7-27-16(10-15)11-26/h2-10H,1H3,(H,27,28,29). The number of ether oxygens (including phenoxy) is 1. The van der Waals surface area contributed by atoms with Crippen LogP contribution in [0.5, 0.6) is 11.5 Å². The van der Waals surface area contributed by atoms with Crippen molar-refractivity contribution < 1.29 is 27.1 Å². The number of hydrogen-bond acceptors (Lipinski definition) is 4. The lowest BCUT2D eigenvalue weighted by Crippen LogP contribution is -2.15. The number of benzene rings is 2. The molecule has 1 N–H and O–H groups in total. The van der Waals surface area contributed by atoms with Gasteiger partial charge in [-0.05, 0) is 61.0 Å². The number of alkyl halides is 3. The third-order valence-corrected chi connectivity index (χ3v) is 4.04. The van der Waals surface area contributed by atoms with Crippen LogP contribution in [0.25, 0.3) is 0 Å². The summed E-state index contributed by atoms with van der Waals surface area (Å²) in [6.07, 6.45) is -3.35. The maximum Gasteiger partial charge on any atom is 0.416 e. The highest BCUT2D eigenvalue weighted by atomic mass is 19.4. The molecule has 3 rings (SSSR count). The zero-order chi connectivity index (χ0) is 21.9. The summed E-state index contributed by atoms with van der Waals surface area (Å²) in [5, 5.41) is 11.4. The molecule has 1 amide bonds. The molecular formula is C21H13F4N3O2. The minimum Gasteiger partial charge on any atom is -0.456 e. The minimum atomic E-state index is -4.66. The van der Waals surface area contributed by atoms with Crippen molar-refractivity contribution in [2.45, 2.75) is 13.1 Å². The molecule has 9 heteroatoms. The second-order valence-electron chi connectivity index (χ2n) is 6.22. The SMILES string of the molecule is Cc1cc(F)ccc1Oc1cc(C(F)(F)F)ccc1C(=O)Nc1ccnc(C#N)c1. The molecule has 2 aromatic carbocycles. The first kappa shape index (κ1) is 20.8. The Labute approximate surface area is 168 Å². The van der Waals surface area contributed by atoms with E-state index in [4.69, 9.17) is 10.00 Å². The second-order valence-corrected chi connectivity index (χ2v) is 6.22. The highest BCUT2D eigenvalue weighted by Gasteiger charge is 2.32. The Kier molecular flexibility index (Phi) is 5.69. The molecule has 3 aromatic rings. The van der Waals surface area contributed by atoms with Crippen LogP contribution in [-0.2, 0) is 6.18 Å². The van der Waals surface area contributed by atoms with Gasteiger partial charge in [0.05, 0.1) is 11.1 Å². The van der Waals surface area contributed by atoms with Gasteiger partial charge in [0.1, 0.15) is 29.1 Å². The summed E-state index contributed by atoms with van der Waals surface area (Å²) in [6.45, 7) is 1.52. The van der Waals surface area contributed by atoms with Crippen LogP contribution in [-0.4, -0.2) is 10.9 Å². The molecule has 0 aliphatic rings. The van der Waals surface area contributed by atoms with E-state index in [0.717, 1.165) is 24.3 Å². The molecule has 30 heavy (non-hydrogen) atoms. The van der Waals surface area contributed by atoms with Crippen molar-refractivity contribution >= 4 is 11.6 Å². The van der Waals surface area contributed by atoms with Gasteiger partial charge in [0.15, 0.2) is 0 Å². The first-order valence-corrected chi connectivity index (χ1v) is 8.50. The van der Waals surface area contributed by atoms with Crippen LogP contribution in [0, 0.1) is 24.1 Å². The molecule has 152 valence electrons. The molecule has 1 heterocycles. The first-order chi connectivity index (χ1) is 14.2. The molecule has 0 aliphatic carbocycles. The fourth-order valence-corrected chi connectivity index (χ4v) is 2.58. The average Bonchev–Trinajstić information content (AvgIpc) is 2.69. The number of nitrogens with zero attached hydrogens (tertiary/aromatic N) is 2. The van der Waals surface area contributed by atoms with E-state index >= 15 is 0 Å². The summed E-state index contributed by atoms with van der Waals surface area (Å²) in [7, 11) is 0. The molecule has 0 saturated heterocycles. The number of carbonyl (C=O) groups excluding carboxylic acids is 1. The molecule has 0 bridgehead atoms. The summed E-state index contributed by atoms with van der Waals surface area (Å²) in [5.41, 5.74) is -0.563. The maximum atomic E-state index is 13.3. The van der Waals surface area contributed by atoms with Gasteiger partial charge < -0.3 is 10.1 Å². The Morgan fingerprint density at radius 2 is 1.87 bits per heavy atom. The number of nitrogens with one attached hydrogen (secondary N) is 1. The van der Waals surface area contributed by atoms with Gasteiger partial charge in [-0.3, -0.25) is 4.79 Å². The van der Waals surface area contributed by atoms with E-state index in [-0.39, 0.29) is 28.4 Å². The van der Waals surface area contributed by atoms with Crippen molar-refractivity contribution in [1.29, 1.82) is 5.26 Å². The van der Waals surface area contributed by atoms with Crippen molar-refractivity contribution in [3.8, 4) is 17.6 Å². The predicted molar refractivity (Wildman–Crippen MR) is 99.6 cm³/mol. The quantitative estimate of drug-likeness (QED) is 0.574. The Morgan fingerprint density at radius 1 is 1.10 bits per heavy atom. The van der Waals surface area contributed by atoms with Crippen molar-refractivity contribution in [2.24, 2.45) is 0 Å². The fraction of sp³-hybridized carbons (Fsp3) is 0.0952. The zero-order valence-electron chi connectivity index (χ0n) is 15.4. The number of anilines is 1. The van der Waals surface area contributed by atoms with Crippen LogP contribution in [0.15, 0.2) is 54.7 Å². The van der Waals surface area contributed by atoms with Crippen LogP contribution >= 0.6 is 0 Å². The number of rotatable bonds is 4. The van der Waals surface area contributed by atoms with E-state index in [1.165, 1.54) is 31.3 Å². The molecular weight excluding hydrogens is 402 g/mol. The largest absolute Gasteiger partial charge is 0.456 e. The first-order valence-electron chi connectivity index (χ1n) is 8.50. The highest BCUT2D eigenvalue weighted by Crippen LogP contribution is 2.36. The topological polar surface area (TPSA) is 75.0 Å². The van der Waals surface area contributed by atoms with Crippen LogP contribution in [0.1, 0.15) is 27.2 Å². The van der Waals surface area contributed by atoms with Crippen LogP contribution in [0.4, 0.5) is 23.2 Å². The molecule has 0 spiro atoms. The molecule has 0 atom stereocenters. The molecule has 0 unspecified atom stereocenters. The normalized spacial score (nSPS) is 10.9. The number of pyridine rings is 1. The Balaban J connectivity index is 2.00. The Bertz CT molecular complexity index is 1150. The zero-order valence-corrected chi connectivity index (χ0v) is 15.4. The number of hydrogen-bond donors (Lipinski definition) is 1. The summed E-state index contributed by atoms with van der Waals surface area (Å²) < 4.78 is 58.3. The van der Waals surface area contributed by atoms with Gasteiger partial charge in [-0.1, -0.05) is 0 Å². The lowest BCUT2D eigenvalue weighted by molar-refractivity contribution is -0.137. The van der Waals surface area contributed by atoms with E-state index in [9.17, 15) is 22.4 Å². The van der Waals surface area contributed by atoms with Gasteiger partial charge >= 0.3 is 6.18 Å². The minimum absolute atomic E-state index is 0.0543. The predicted octanol–water partition coefficient (Wildman–Crippen LogP) is 5.46. The molecule has 0 aliphatic heterocycles. The van der Waals surface area contributed by atoms with E-state index in [1.807, 2.05) is 6.07 Å². The van der Waals surface area contributed by atoms with Crippen molar-refractivity contribution in [3.05, 3.63) is 82.9 Å². The summed E-state index contributed by atoms with van der Waals surface area (Å²) in [5.74, 6) is -1.55. The van der Waals surface area contributed by atoms with E-state index in [2.05, 4.69) is 10.3 Å². The molecule has 0 saturated carbocycles. The van der Waals surface area contributed by atoms with Gasteiger partial charge in [0.2, 0.25) is 0 Å². The summed E-state index contributed by atoms with van der Waals surface area (Å²) >= 11 is 0. The van der Waals surface area contributed by atoms with E-state index < -0.39 is 23.5 Å². The van der Waals surface area contributed by atoms with Crippen LogP contribution < -0.4 is 10.1 Å². The van der Waals surface area contributed by atoms with Gasteiger partial charge in [0, 0.05) is 11.9 Å². The summed E-state index contributed by atoms with van der Waals surface area (Å²) in [4.78, 5) is 16.5. The van der Waals surface area contributed by atoms with Crippen molar-refractivity contribution in [3.63, 3.8) is 0 Å². The molecule has 5 nitrogen and oxygen atoms in total.